The molecule has 0 amide bonds. The third-order valence-electron chi connectivity index (χ3n) is 1.41. The molecule has 0 saturated carbocycles. The molecule has 14 heavy (non-hydrogen) atoms. The Morgan fingerprint density at radius 2 is 1.50 bits per heavy atom. The molecule has 0 spiro atoms. The molecule has 4 heteroatoms. The molecule has 0 aliphatic heterocycles. The van der Waals surface area contributed by atoms with Crippen LogP contribution in [0.3, 0.4) is 0 Å². The van der Waals surface area contributed by atoms with Crippen LogP contribution in [-0.4, -0.2) is 43.4 Å². The van der Waals surface area contributed by atoms with Gasteiger partial charge in [-0.3, -0.25) is 0 Å². The minimum Gasteiger partial charge on any atom is -0.391 e. The minimum atomic E-state index is -0.536. The Morgan fingerprint density at radius 1 is 0.929 bits per heavy atom. The zero-order valence-corrected chi connectivity index (χ0v) is 9.53. The zero-order valence-electron chi connectivity index (χ0n) is 9.53. The van der Waals surface area contributed by atoms with Gasteiger partial charge in [0, 0.05) is 0 Å². The Balaban J connectivity index is 3.43. The molecule has 0 heterocycles. The van der Waals surface area contributed by atoms with Crippen LogP contribution in [0.15, 0.2) is 0 Å². The first-order valence-corrected chi connectivity index (χ1v) is 5.05. The highest BCUT2D eigenvalue weighted by atomic mass is 16.7. The van der Waals surface area contributed by atoms with Crippen LogP contribution >= 0.6 is 0 Å². The van der Waals surface area contributed by atoms with Crippen molar-refractivity contribution in [1.82, 2.24) is 0 Å². The van der Waals surface area contributed by atoms with Gasteiger partial charge in [0.05, 0.1) is 32.0 Å². The van der Waals surface area contributed by atoms with E-state index in [0.29, 0.717) is 13.2 Å². The van der Waals surface area contributed by atoms with Gasteiger partial charge in [0.25, 0.3) is 0 Å². The Bertz CT molecular complexity index is 125. The Morgan fingerprint density at radius 3 is 1.93 bits per heavy atom. The second kappa shape index (κ2) is 8.17. The van der Waals surface area contributed by atoms with E-state index in [1.807, 2.05) is 27.7 Å². The highest BCUT2D eigenvalue weighted by molar-refractivity contribution is 4.45. The van der Waals surface area contributed by atoms with Crippen molar-refractivity contribution in [3.05, 3.63) is 0 Å². The summed E-state index contributed by atoms with van der Waals surface area (Å²) in [7, 11) is 0. The molecule has 0 aliphatic rings. The van der Waals surface area contributed by atoms with Crippen molar-refractivity contribution in [1.29, 1.82) is 0 Å². The second-order valence-electron chi connectivity index (χ2n) is 3.59. The molecule has 1 unspecified atom stereocenters. The summed E-state index contributed by atoms with van der Waals surface area (Å²) in [6.45, 7) is 8.57. The summed E-state index contributed by atoms with van der Waals surface area (Å²) in [6.07, 6.45) is -0.277. The maximum atomic E-state index is 8.89. The Kier molecular flexibility index (Phi) is 8.08. The van der Waals surface area contributed by atoms with Crippen LogP contribution in [0.4, 0.5) is 0 Å². The summed E-state index contributed by atoms with van der Waals surface area (Å²) in [5.74, 6) is 0. The highest BCUT2D eigenvalue weighted by Gasteiger charge is 2.09. The third-order valence-corrected chi connectivity index (χ3v) is 1.41. The zero-order chi connectivity index (χ0) is 11.0. The van der Waals surface area contributed by atoms with Gasteiger partial charge in [0.2, 0.25) is 0 Å². The fraction of sp³-hybridized carbons (Fsp3) is 1.00. The molecule has 0 radical (unpaired) electrons. The van der Waals surface area contributed by atoms with Crippen molar-refractivity contribution in [3.63, 3.8) is 0 Å². The van der Waals surface area contributed by atoms with E-state index in [-0.39, 0.29) is 18.8 Å². The normalized spacial score (nSPS) is 13.9. The summed E-state index contributed by atoms with van der Waals surface area (Å²) >= 11 is 0. The minimum absolute atomic E-state index is 0.0539. The van der Waals surface area contributed by atoms with Crippen LogP contribution in [0.1, 0.15) is 27.7 Å². The molecule has 0 bridgehead atoms. The fourth-order valence-corrected chi connectivity index (χ4v) is 0.902. The highest BCUT2D eigenvalue weighted by Crippen LogP contribution is 1.99. The van der Waals surface area contributed by atoms with Crippen LogP contribution in [0.2, 0.25) is 0 Å². The molecule has 1 atom stereocenters. The lowest BCUT2D eigenvalue weighted by Crippen LogP contribution is -2.26. The number of ether oxygens (including phenoxy) is 3. The quantitative estimate of drug-likeness (QED) is 0.478. The SMILES string of the molecule is CC(C)OCCOC(CO)OC(C)C. The van der Waals surface area contributed by atoms with Crippen LogP contribution < -0.4 is 0 Å². The lowest BCUT2D eigenvalue weighted by Gasteiger charge is -2.19. The molecule has 0 aromatic carbocycles. The number of aliphatic hydroxyl groups excluding tert-OH is 1. The van der Waals surface area contributed by atoms with Gasteiger partial charge in [-0.2, -0.15) is 0 Å². The monoisotopic (exact) mass is 206 g/mol. The van der Waals surface area contributed by atoms with E-state index in [9.17, 15) is 0 Å². The van der Waals surface area contributed by atoms with Gasteiger partial charge >= 0.3 is 0 Å². The molecule has 4 nitrogen and oxygen atoms in total. The topological polar surface area (TPSA) is 47.9 Å². The van der Waals surface area contributed by atoms with Crippen LogP contribution in [0.25, 0.3) is 0 Å². The second-order valence-corrected chi connectivity index (χ2v) is 3.59. The third kappa shape index (κ3) is 8.44. The molecule has 0 aromatic rings. The summed E-state index contributed by atoms with van der Waals surface area (Å²) in [6, 6.07) is 0. The van der Waals surface area contributed by atoms with Gasteiger partial charge in [0.15, 0.2) is 6.29 Å². The molecular formula is C10H22O4. The van der Waals surface area contributed by atoms with Crippen LogP contribution in [-0.2, 0) is 14.2 Å². The van der Waals surface area contributed by atoms with E-state index < -0.39 is 6.29 Å². The average molecular weight is 206 g/mol. The molecule has 0 fully saturated rings. The lowest BCUT2D eigenvalue weighted by atomic mass is 10.5. The molecule has 0 aliphatic carbocycles. The number of rotatable bonds is 8. The van der Waals surface area contributed by atoms with E-state index in [1.54, 1.807) is 0 Å². The van der Waals surface area contributed by atoms with Gasteiger partial charge in [-0.25, -0.2) is 0 Å². The predicted molar refractivity (Wildman–Crippen MR) is 54.1 cm³/mol. The van der Waals surface area contributed by atoms with E-state index in [0.717, 1.165) is 0 Å². The smallest absolute Gasteiger partial charge is 0.180 e. The van der Waals surface area contributed by atoms with Crippen molar-refractivity contribution in [2.75, 3.05) is 19.8 Å². The maximum absolute atomic E-state index is 8.89. The summed E-state index contributed by atoms with van der Waals surface area (Å²) < 4.78 is 15.8. The van der Waals surface area contributed by atoms with Crippen molar-refractivity contribution < 1.29 is 19.3 Å². The Hall–Kier alpha value is -0.160. The molecule has 86 valence electrons. The van der Waals surface area contributed by atoms with E-state index >= 15 is 0 Å². The van der Waals surface area contributed by atoms with Crippen molar-refractivity contribution >= 4 is 0 Å². The average Bonchev–Trinajstić information content (AvgIpc) is 2.09. The van der Waals surface area contributed by atoms with Crippen molar-refractivity contribution in [2.45, 2.75) is 46.2 Å². The number of hydrogen-bond donors (Lipinski definition) is 1. The van der Waals surface area contributed by atoms with Crippen molar-refractivity contribution in [2.24, 2.45) is 0 Å². The summed E-state index contributed by atoms with van der Waals surface area (Å²) in [5, 5.41) is 8.89. The van der Waals surface area contributed by atoms with Crippen LogP contribution in [0, 0.1) is 0 Å². The fourth-order valence-electron chi connectivity index (χ4n) is 0.902. The standard InChI is InChI=1S/C10H22O4/c1-8(2)12-5-6-13-10(7-11)14-9(3)4/h8-11H,5-7H2,1-4H3. The molecule has 1 N–H and O–H groups in total. The molecule has 0 aromatic heterocycles. The summed E-state index contributed by atoms with van der Waals surface area (Å²) in [5.41, 5.74) is 0. The number of hydrogen-bond acceptors (Lipinski definition) is 4. The van der Waals surface area contributed by atoms with Gasteiger partial charge in [-0.1, -0.05) is 0 Å². The first kappa shape index (κ1) is 13.8. The van der Waals surface area contributed by atoms with Gasteiger partial charge in [0.1, 0.15) is 0 Å². The van der Waals surface area contributed by atoms with Gasteiger partial charge in [-0.15, -0.1) is 0 Å². The lowest BCUT2D eigenvalue weighted by molar-refractivity contribution is -0.187. The van der Waals surface area contributed by atoms with Crippen LogP contribution in [0.5, 0.6) is 0 Å². The molecular weight excluding hydrogens is 184 g/mol. The van der Waals surface area contributed by atoms with Gasteiger partial charge in [-0.05, 0) is 27.7 Å². The first-order chi connectivity index (χ1) is 6.56. The van der Waals surface area contributed by atoms with E-state index in [1.165, 1.54) is 0 Å². The largest absolute Gasteiger partial charge is 0.391 e. The summed E-state index contributed by atoms with van der Waals surface area (Å²) in [4.78, 5) is 0. The van der Waals surface area contributed by atoms with Crippen molar-refractivity contribution in [3.8, 4) is 0 Å². The first-order valence-electron chi connectivity index (χ1n) is 5.05. The molecule has 0 saturated heterocycles. The maximum Gasteiger partial charge on any atom is 0.180 e. The number of aliphatic hydroxyl groups is 1. The Labute approximate surface area is 86.2 Å². The van der Waals surface area contributed by atoms with E-state index in [2.05, 4.69) is 0 Å². The van der Waals surface area contributed by atoms with Gasteiger partial charge < -0.3 is 19.3 Å². The predicted octanol–water partition coefficient (Wildman–Crippen LogP) is 1.17. The van der Waals surface area contributed by atoms with E-state index in [4.69, 9.17) is 19.3 Å². The molecule has 0 rings (SSSR count).